The van der Waals surface area contributed by atoms with E-state index in [1.54, 1.807) is 12.4 Å². The predicted octanol–water partition coefficient (Wildman–Crippen LogP) is 3.45. The van der Waals surface area contributed by atoms with Crippen molar-refractivity contribution in [2.45, 2.75) is 25.3 Å². The van der Waals surface area contributed by atoms with Gasteiger partial charge < -0.3 is 4.52 Å². The Morgan fingerprint density at radius 2 is 1.86 bits per heavy atom. The first kappa shape index (κ1) is 16.9. The third-order valence-electron chi connectivity index (χ3n) is 5.36. The van der Waals surface area contributed by atoms with Gasteiger partial charge in [-0.15, -0.1) is 0 Å². The SMILES string of the molecule is c1cc(-c2cnc3nc(C4CCN(Cc5ncon5)CC4)ccc3c2)ccn1. The van der Waals surface area contributed by atoms with Crippen molar-refractivity contribution in [3.63, 3.8) is 0 Å². The first-order valence-electron chi connectivity index (χ1n) is 9.50. The Labute approximate surface area is 162 Å². The van der Waals surface area contributed by atoms with Crippen LogP contribution in [0.4, 0.5) is 0 Å². The molecule has 0 aromatic carbocycles. The molecule has 0 spiro atoms. The first-order chi connectivity index (χ1) is 13.8. The summed E-state index contributed by atoms with van der Waals surface area (Å²) in [6.07, 6.45) is 9.02. The van der Waals surface area contributed by atoms with Gasteiger partial charge in [0.15, 0.2) is 11.5 Å². The van der Waals surface area contributed by atoms with E-state index in [9.17, 15) is 0 Å². The second-order valence-electron chi connectivity index (χ2n) is 7.14. The molecule has 4 aromatic heterocycles. The molecular formula is C21H20N6O. The van der Waals surface area contributed by atoms with Gasteiger partial charge in [-0.3, -0.25) is 9.88 Å². The molecule has 140 valence electrons. The fraction of sp³-hybridized carbons (Fsp3) is 0.286. The highest BCUT2D eigenvalue weighted by atomic mass is 16.5. The number of hydrogen-bond acceptors (Lipinski definition) is 7. The standard InChI is InChI=1S/C21H20N6O/c1-2-19(16-5-9-27(10-6-16)13-20-24-14-28-26-20)25-21-17(1)11-18(12-23-21)15-3-7-22-8-4-15/h1-4,7-8,11-12,14,16H,5-6,9-10,13H2. The van der Waals surface area contributed by atoms with Crippen LogP contribution in [0.3, 0.4) is 0 Å². The van der Waals surface area contributed by atoms with Crippen molar-refractivity contribution in [2.75, 3.05) is 13.1 Å². The van der Waals surface area contributed by atoms with Gasteiger partial charge in [0.1, 0.15) is 0 Å². The molecule has 0 atom stereocenters. The van der Waals surface area contributed by atoms with E-state index < -0.39 is 0 Å². The van der Waals surface area contributed by atoms with Crippen LogP contribution < -0.4 is 0 Å². The molecule has 5 rings (SSSR count). The summed E-state index contributed by atoms with van der Waals surface area (Å²) in [5.41, 5.74) is 4.14. The number of nitrogens with zero attached hydrogens (tertiary/aromatic N) is 6. The highest BCUT2D eigenvalue weighted by Crippen LogP contribution is 2.29. The second kappa shape index (κ2) is 7.44. The Hall–Kier alpha value is -3.19. The second-order valence-corrected chi connectivity index (χ2v) is 7.14. The summed E-state index contributed by atoms with van der Waals surface area (Å²) in [5.74, 6) is 1.21. The summed E-state index contributed by atoms with van der Waals surface area (Å²) in [4.78, 5) is 20.0. The molecule has 1 aliphatic rings. The van der Waals surface area contributed by atoms with E-state index in [0.29, 0.717) is 5.92 Å². The van der Waals surface area contributed by atoms with E-state index >= 15 is 0 Å². The molecule has 5 heterocycles. The normalized spacial score (nSPS) is 15.9. The largest absolute Gasteiger partial charge is 0.343 e. The average molecular weight is 372 g/mol. The Kier molecular flexibility index (Phi) is 4.50. The number of hydrogen-bond donors (Lipinski definition) is 0. The maximum absolute atomic E-state index is 4.85. The van der Waals surface area contributed by atoms with E-state index in [1.807, 2.05) is 18.3 Å². The van der Waals surface area contributed by atoms with Crippen molar-refractivity contribution >= 4 is 11.0 Å². The van der Waals surface area contributed by atoms with Crippen molar-refractivity contribution in [2.24, 2.45) is 0 Å². The Balaban J connectivity index is 1.30. The minimum absolute atomic E-state index is 0.465. The number of fused-ring (bicyclic) bond motifs is 1. The lowest BCUT2D eigenvalue weighted by Gasteiger charge is -2.30. The molecule has 0 bridgehead atoms. The number of piperidine rings is 1. The molecule has 1 fully saturated rings. The summed E-state index contributed by atoms with van der Waals surface area (Å²) >= 11 is 0. The zero-order chi connectivity index (χ0) is 18.8. The third kappa shape index (κ3) is 3.48. The van der Waals surface area contributed by atoms with Crippen LogP contribution in [-0.2, 0) is 6.54 Å². The molecule has 0 amide bonds. The topological polar surface area (TPSA) is 80.8 Å². The zero-order valence-electron chi connectivity index (χ0n) is 15.4. The summed E-state index contributed by atoms with van der Waals surface area (Å²) in [5, 5.41) is 4.96. The lowest BCUT2D eigenvalue weighted by atomic mass is 9.92. The fourth-order valence-corrected chi connectivity index (χ4v) is 3.80. The molecule has 0 radical (unpaired) electrons. The van der Waals surface area contributed by atoms with Gasteiger partial charge in [-0.1, -0.05) is 5.16 Å². The van der Waals surface area contributed by atoms with Gasteiger partial charge >= 0.3 is 0 Å². The smallest absolute Gasteiger partial charge is 0.213 e. The molecule has 7 heteroatoms. The minimum atomic E-state index is 0.465. The number of aromatic nitrogens is 5. The fourth-order valence-electron chi connectivity index (χ4n) is 3.80. The van der Waals surface area contributed by atoms with Crippen LogP contribution in [0.15, 0.2) is 59.8 Å². The highest BCUT2D eigenvalue weighted by Gasteiger charge is 2.22. The maximum Gasteiger partial charge on any atom is 0.213 e. The molecule has 1 saturated heterocycles. The van der Waals surface area contributed by atoms with E-state index in [2.05, 4.69) is 43.2 Å². The summed E-state index contributed by atoms with van der Waals surface area (Å²) in [7, 11) is 0. The van der Waals surface area contributed by atoms with E-state index in [4.69, 9.17) is 9.51 Å². The van der Waals surface area contributed by atoms with Gasteiger partial charge in [0.2, 0.25) is 6.39 Å². The molecule has 1 aliphatic heterocycles. The van der Waals surface area contributed by atoms with Crippen LogP contribution in [0.1, 0.15) is 30.3 Å². The van der Waals surface area contributed by atoms with Crippen LogP contribution >= 0.6 is 0 Å². The Morgan fingerprint density at radius 1 is 1.00 bits per heavy atom. The lowest BCUT2D eigenvalue weighted by Crippen LogP contribution is -2.33. The highest BCUT2D eigenvalue weighted by molar-refractivity contribution is 5.80. The van der Waals surface area contributed by atoms with Crippen LogP contribution in [-0.4, -0.2) is 43.1 Å². The van der Waals surface area contributed by atoms with Crippen LogP contribution in [0.2, 0.25) is 0 Å². The number of likely N-dealkylation sites (tertiary alicyclic amines) is 1. The first-order valence-corrected chi connectivity index (χ1v) is 9.50. The molecule has 0 aliphatic carbocycles. The van der Waals surface area contributed by atoms with E-state index in [0.717, 1.165) is 66.2 Å². The minimum Gasteiger partial charge on any atom is -0.343 e. The predicted molar refractivity (Wildman–Crippen MR) is 104 cm³/mol. The van der Waals surface area contributed by atoms with Crippen molar-refractivity contribution in [1.29, 1.82) is 0 Å². The van der Waals surface area contributed by atoms with E-state index in [1.165, 1.54) is 6.39 Å². The Morgan fingerprint density at radius 3 is 2.64 bits per heavy atom. The van der Waals surface area contributed by atoms with Gasteiger partial charge in [0.25, 0.3) is 0 Å². The zero-order valence-corrected chi connectivity index (χ0v) is 15.4. The van der Waals surface area contributed by atoms with Gasteiger partial charge in [-0.25, -0.2) is 9.97 Å². The van der Waals surface area contributed by atoms with E-state index in [-0.39, 0.29) is 0 Å². The summed E-state index contributed by atoms with van der Waals surface area (Å²) in [6.45, 7) is 2.76. The molecule has 0 unspecified atom stereocenters. The summed E-state index contributed by atoms with van der Waals surface area (Å²) < 4.78 is 4.82. The Bertz CT molecular complexity index is 1060. The van der Waals surface area contributed by atoms with Crippen molar-refractivity contribution < 1.29 is 4.52 Å². The number of rotatable bonds is 4. The quantitative estimate of drug-likeness (QED) is 0.543. The molecule has 0 saturated carbocycles. The van der Waals surface area contributed by atoms with Crippen LogP contribution in [0.25, 0.3) is 22.2 Å². The molecule has 28 heavy (non-hydrogen) atoms. The van der Waals surface area contributed by atoms with Gasteiger partial charge in [0.05, 0.1) is 6.54 Å². The van der Waals surface area contributed by atoms with Crippen molar-refractivity contribution in [3.8, 4) is 11.1 Å². The van der Waals surface area contributed by atoms with Gasteiger partial charge in [-0.05, 0) is 61.8 Å². The lowest BCUT2D eigenvalue weighted by molar-refractivity contribution is 0.197. The molecule has 0 N–H and O–H groups in total. The van der Waals surface area contributed by atoms with Crippen molar-refractivity contribution in [3.05, 3.63) is 66.8 Å². The van der Waals surface area contributed by atoms with Crippen LogP contribution in [0, 0.1) is 0 Å². The molecular weight excluding hydrogens is 352 g/mol. The van der Waals surface area contributed by atoms with Gasteiger partial charge in [-0.2, -0.15) is 4.98 Å². The molecule has 4 aromatic rings. The maximum atomic E-state index is 4.85. The average Bonchev–Trinajstić information content (AvgIpc) is 3.27. The third-order valence-corrected chi connectivity index (χ3v) is 5.36. The monoisotopic (exact) mass is 372 g/mol. The van der Waals surface area contributed by atoms with Crippen LogP contribution in [0.5, 0.6) is 0 Å². The summed E-state index contributed by atoms with van der Waals surface area (Å²) in [6, 6.07) is 10.4. The van der Waals surface area contributed by atoms with Gasteiger partial charge in [0, 0.05) is 41.2 Å². The van der Waals surface area contributed by atoms with Crippen molar-refractivity contribution in [1.82, 2.24) is 30.0 Å². The number of pyridine rings is 3. The molecule has 7 nitrogen and oxygen atoms in total.